The molecule has 5 heteroatoms. The summed E-state index contributed by atoms with van der Waals surface area (Å²) in [4.78, 5) is 4.78. The number of hydrogen-bond acceptors (Lipinski definition) is 4. The maximum Gasteiger partial charge on any atom is 0.129 e. The molecule has 2 aromatic rings. The van der Waals surface area contributed by atoms with E-state index < -0.39 is 6.10 Å². The molecule has 0 fully saturated rings. The second-order valence-corrected chi connectivity index (χ2v) is 4.93. The van der Waals surface area contributed by atoms with Gasteiger partial charge in [0.25, 0.3) is 0 Å². The number of pyridine rings is 1. The van der Waals surface area contributed by atoms with Crippen LogP contribution in [0.4, 0.5) is 0 Å². The predicted octanol–water partition coefficient (Wildman–Crippen LogP) is 3.08. The van der Waals surface area contributed by atoms with Crippen LogP contribution in [-0.4, -0.2) is 17.2 Å². The van der Waals surface area contributed by atoms with Gasteiger partial charge in [-0.05, 0) is 17.7 Å². The Labute approximate surface area is 109 Å². The number of ether oxygens (including phenoxy) is 1. The van der Waals surface area contributed by atoms with Gasteiger partial charge in [0, 0.05) is 29.1 Å². The van der Waals surface area contributed by atoms with E-state index >= 15 is 0 Å². The molecule has 0 saturated carbocycles. The zero-order valence-electron chi connectivity index (χ0n) is 9.26. The van der Waals surface area contributed by atoms with Crippen molar-refractivity contribution < 1.29 is 9.84 Å². The Bertz CT molecular complexity index is 501. The minimum absolute atomic E-state index is 0.477. The average molecular weight is 270 g/mol. The van der Waals surface area contributed by atoms with Crippen LogP contribution in [-0.2, 0) is 6.42 Å². The highest BCUT2D eigenvalue weighted by atomic mass is 35.5. The number of halogens is 1. The van der Waals surface area contributed by atoms with Gasteiger partial charge in [0.15, 0.2) is 0 Å². The van der Waals surface area contributed by atoms with Gasteiger partial charge in [-0.25, -0.2) is 0 Å². The molecule has 0 aliphatic carbocycles. The smallest absolute Gasteiger partial charge is 0.129 e. The van der Waals surface area contributed by atoms with E-state index in [2.05, 4.69) is 4.98 Å². The lowest BCUT2D eigenvalue weighted by Gasteiger charge is -2.09. The maximum atomic E-state index is 10.1. The minimum atomic E-state index is -0.566. The van der Waals surface area contributed by atoms with Crippen molar-refractivity contribution in [3.8, 4) is 5.75 Å². The molecule has 2 aromatic heterocycles. The third kappa shape index (κ3) is 2.97. The van der Waals surface area contributed by atoms with E-state index in [9.17, 15) is 5.11 Å². The molecule has 2 heterocycles. The first-order chi connectivity index (χ1) is 8.20. The monoisotopic (exact) mass is 269 g/mol. The summed E-state index contributed by atoms with van der Waals surface area (Å²) in [6, 6.07) is 3.65. The number of nitrogens with zero attached hydrogens (tertiary/aromatic N) is 1. The number of methoxy groups -OCH3 is 1. The van der Waals surface area contributed by atoms with Crippen LogP contribution < -0.4 is 4.74 Å². The van der Waals surface area contributed by atoms with Crippen LogP contribution in [0.2, 0.25) is 5.02 Å². The number of aliphatic hydroxyl groups excluding tert-OH is 1. The molecule has 1 atom stereocenters. The zero-order valence-corrected chi connectivity index (χ0v) is 10.8. The lowest BCUT2D eigenvalue weighted by Crippen LogP contribution is -2.00. The van der Waals surface area contributed by atoms with Crippen LogP contribution in [0.3, 0.4) is 0 Å². The summed E-state index contributed by atoms with van der Waals surface area (Å²) >= 11 is 7.47. The Morgan fingerprint density at radius 1 is 1.59 bits per heavy atom. The second kappa shape index (κ2) is 5.49. The van der Waals surface area contributed by atoms with E-state index in [0.717, 1.165) is 16.2 Å². The first kappa shape index (κ1) is 12.4. The highest BCUT2D eigenvalue weighted by Gasteiger charge is 2.13. The van der Waals surface area contributed by atoms with Crippen molar-refractivity contribution in [2.24, 2.45) is 0 Å². The van der Waals surface area contributed by atoms with Gasteiger partial charge in [-0.15, -0.1) is 11.3 Å². The molecule has 3 nitrogen and oxygen atoms in total. The van der Waals surface area contributed by atoms with E-state index in [1.807, 2.05) is 17.5 Å². The highest BCUT2D eigenvalue weighted by Crippen LogP contribution is 2.30. The summed E-state index contributed by atoms with van der Waals surface area (Å²) in [5.41, 5.74) is 0.890. The number of rotatable bonds is 4. The van der Waals surface area contributed by atoms with E-state index in [0.29, 0.717) is 11.4 Å². The normalized spacial score (nSPS) is 12.4. The Morgan fingerprint density at radius 3 is 3.06 bits per heavy atom. The van der Waals surface area contributed by atoms with Crippen molar-refractivity contribution in [2.45, 2.75) is 12.5 Å². The van der Waals surface area contributed by atoms with E-state index in [4.69, 9.17) is 16.3 Å². The fraction of sp³-hybridized carbons (Fsp3) is 0.250. The molecule has 0 bridgehead atoms. The third-order valence-electron chi connectivity index (χ3n) is 2.43. The zero-order chi connectivity index (χ0) is 12.3. The van der Waals surface area contributed by atoms with Crippen molar-refractivity contribution in [3.63, 3.8) is 0 Å². The van der Waals surface area contributed by atoms with Gasteiger partial charge < -0.3 is 9.84 Å². The van der Waals surface area contributed by atoms with Crippen LogP contribution in [0.1, 0.15) is 16.5 Å². The fourth-order valence-electron chi connectivity index (χ4n) is 1.49. The molecule has 1 unspecified atom stereocenters. The molecule has 0 aliphatic rings. The molecule has 1 N–H and O–H groups in total. The maximum absolute atomic E-state index is 10.1. The largest absolute Gasteiger partial charge is 0.496 e. The predicted molar refractivity (Wildman–Crippen MR) is 68.8 cm³/mol. The fourth-order valence-corrected chi connectivity index (χ4v) is 2.53. The molecule has 0 amide bonds. The first-order valence-electron chi connectivity index (χ1n) is 5.09. The Balaban J connectivity index is 2.11. The molecule has 0 aliphatic heterocycles. The van der Waals surface area contributed by atoms with Gasteiger partial charge in [0.05, 0.1) is 18.2 Å². The molecule has 0 saturated heterocycles. The SMILES string of the molecule is COc1csc(C(O)Cc2ccncc2Cl)c1. The van der Waals surface area contributed by atoms with Crippen molar-refractivity contribution in [1.82, 2.24) is 4.98 Å². The number of thiophene rings is 1. The lowest BCUT2D eigenvalue weighted by atomic mass is 10.1. The Hall–Kier alpha value is -1.10. The molecule has 0 aromatic carbocycles. The summed E-state index contributed by atoms with van der Waals surface area (Å²) in [5.74, 6) is 0.768. The molecule has 90 valence electrons. The summed E-state index contributed by atoms with van der Waals surface area (Å²) in [6.45, 7) is 0. The van der Waals surface area contributed by atoms with Gasteiger partial charge in [-0.3, -0.25) is 4.98 Å². The minimum Gasteiger partial charge on any atom is -0.496 e. The summed E-state index contributed by atoms with van der Waals surface area (Å²) in [7, 11) is 1.61. The molecular weight excluding hydrogens is 258 g/mol. The van der Waals surface area contributed by atoms with Crippen LogP contribution in [0, 0.1) is 0 Å². The molecule has 0 radical (unpaired) electrons. The first-order valence-corrected chi connectivity index (χ1v) is 6.35. The Morgan fingerprint density at radius 2 is 2.41 bits per heavy atom. The number of aliphatic hydroxyl groups is 1. The van der Waals surface area contributed by atoms with Crippen LogP contribution in [0.5, 0.6) is 5.75 Å². The summed E-state index contributed by atoms with van der Waals surface area (Å²) in [5, 5.41) is 12.5. The van der Waals surface area contributed by atoms with E-state index in [-0.39, 0.29) is 0 Å². The molecular formula is C12H12ClNO2S. The van der Waals surface area contributed by atoms with Crippen LogP contribution in [0.25, 0.3) is 0 Å². The van der Waals surface area contributed by atoms with Crippen molar-refractivity contribution in [2.75, 3.05) is 7.11 Å². The molecule has 0 spiro atoms. The number of hydrogen-bond donors (Lipinski definition) is 1. The quantitative estimate of drug-likeness (QED) is 0.928. The van der Waals surface area contributed by atoms with E-state index in [1.165, 1.54) is 11.3 Å². The van der Waals surface area contributed by atoms with Gasteiger partial charge >= 0.3 is 0 Å². The van der Waals surface area contributed by atoms with Gasteiger partial charge in [0.1, 0.15) is 5.75 Å². The topological polar surface area (TPSA) is 42.4 Å². The van der Waals surface area contributed by atoms with Gasteiger partial charge in [0.2, 0.25) is 0 Å². The van der Waals surface area contributed by atoms with Crippen LogP contribution >= 0.6 is 22.9 Å². The lowest BCUT2D eigenvalue weighted by molar-refractivity contribution is 0.182. The standard InChI is InChI=1S/C12H12ClNO2S/c1-16-9-5-12(17-7-9)11(15)4-8-2-3-14-6-10(8)13/h2-3,5-7,11,15H,4H2,1H3. The summed E-state index contributed by atoms with van der Waals surface area (Å²) in [6.07, 6.45) is 3.16. The van der Waals surface area contributed by atoms with E-state index in [1.54, 1.807) is 19.5 Å². The average Bonchev–Trinajstić information content (AvgIpc) is 2.81. The third-order valence-corrected chi connectivity index (χ3v) is 3.78. The van der Waals surface area contributed by atoms with Crippen molar-refractivity contribution in [1.29, 1.82) is 0 Å². The van der Waals surface area contributed by atoms with Crippen molar-refractivity contribution >= 4 is 22.9 Å². The second-order valence-electron chi connectivity index (χ2n) is 3.58. The molecule has 2 rings (SSSR count). The van der Waals surface area contributed by atoms with Gasteiger partial charge in [-0.2, -0.15) is 0 Å². The Kier molecular flexibility index (Phi) is 3.99. The molecule has 17 heavy (non-hydrogen) atoms. The number of aromatic nitrogens is 1. The highest BCUT2D eigenvalue weighted by molar-refractivity contribution is 7.10. The van der Waals surface area contributed by atoms with Crippen molar-refractivity contribution in [3.05, 3.63) is 45.4 Å². The summed E-state index contributed by atoms with van der Waals surface area (Å²) < 4.78 is 5.08. The van der Waals surface area contributed by atoms with Gasteiger partial charge in [-0.1, -0.05) is 11.6 Å². The van der Waals surface area contributed by atoms with Crippen LogP contribution in [0.15, 0.2) is 29.9 Å².